The highest BCUT2D eigenvalue weighted by molar-refractivity contribution is 6.42. The molecule has 0 bridgehead atoms. The number of hydrogen-bond donors (Lipinski definition) is 2. The first-order valence-corrected chi connectivity index (χ1v) is 6.30. The molecule has 0 spiro atoms. The molecule has 5 heteroatoms. The van der Waals surface area contributed by atoms with Crippen LogP contribution in [0.25, 0.3) is 0 Å². The Morgan fingerprint density at radius 2 is 2.12 bits per heavy atom. The van der Waals surface area contributed by atoms with Crippen molar-refractivity contribution in [2.24, 2.45) is 5.73 Å². The molecule has 0 fully saturated rings. The van der Waals surface area contributed by atoms with Gasteiger partial charge in [-0.15, -0.1) is 0 Å². The van der Waals surface area contributed by atoms with Crippen molar-refractivity contribution in [1.29, 1.82) is 0 Å². The molecule has 0 radical (unpaired) electrons. The number of rotatable bonds is 6. The van der Waals surface area contributed by atoms with E-state index >= 15 is 0 Å². The minimum atomic E-state index is 0.0219. The van der Waals surface area contributed by atoms with Crippen LogP contribution in [0.4, 0.5) is 0 Å². The molecule has 3 nitrogen and oxygen atoms in total. The van der Waals surface area contributed by atoms with Crippen LogP contribution >= 0.6 is 23.2 Å². The van der Waals surface area contributed by atoms with Gasteiger partial charge in [-0.2, -0.15) is 0 Å². The summed E-state index contributed by atoms with van der Waals surface area (Å²) in [6.45, 7) is 1.09. The Kier molecular flexibility index (Phi) is 6.34. The zero-order valence-electron chi connectivity index (χ0n) is 9.51. The zero-order chi connectivity index (χ0) is 12.7. The summed E-state index contributed by atoms with van der Waals surface area (Å²) in [5.41, 5.74) is 6.26. The molecule has 0 aromatic heterocycles. The van der Waals surface area contributed by atoms with Crippen LogP contribution in [0.15, 0.2) is 18.2 Å². The van der Waals surface area contributed by atoms with Crippen molar-refractivity contribution in [2.45, 2.75) is 19.3 Å². The van der Waals surface area contributed by atoms with Gasteiger partial charge in [0.1, 0.15) is 0 Å². The molecule has 94 valence electrons. The quantitative estimate of drug-likeness (QED) is 0.837. The highest BCUT2D eigenvalue weighted by atomic mass is 35.5. The maximum Gasteiger partial charge on any atom is 0.220 e. The normalized spacial score (nSPS) is 10.3. The summed E-state index contributed by atoms with van der Waals surface area (Å²) < 4.78 is 0. The lowest BCUT2D eigenvalue weighted by Gasteiger charge is -2.07. The predicted molar refractivity (Wildman–Crippen MR) is 71.5 cm³/mol. The van der Waals surface area contributed by atoms with Crippen molar-refractivity contribution in [3.63, 3.8) is 0 Å². The molecule has 0 aliphatic carbocycles. The first-order chi connectivity index (χ1) is 8.15. The summed E-state index contributed by atoms with van der Waals surface area (Å²) in [6, 6.07) is 5.49. The largest absolute Gasteiger partial charge is 0.356 e. The van der Waals surface area contributed by atoms with Crippen LogP contribution in [0.1, 0.15) is 18.4 Å². The van der Waals surface area contributed by atoms with E-state index in [-0.39, 0.29) is 5.91 Å². The second-order valence-corrected chi connectivity index (χ2v) is 4.49. The molecular formula is C12H16Cl2N2O. The van der Waals surface area contributed by atoms with E-state index in [2.05, 4.69) is 5.32 Å². The van der Waals surface area contributed by atoms with Crippen molar-refractivity contribution in [3.05, 3.63) is 33.8 Å². The maximum atomic E-state index is 11.3. The van der Waals surface area contributed by atoms with Crippen molar-refractivity contribution >= 4 is 29.1 Å². The van der Waals surface area contributed by atoms with Gasteiger partial charge in [-0.3, -0.25) is 4.79 Å². The van der Waals surface area contributed by atoms with Gasteiger partial charge in [0.05, 0.1) is 10.0 Å². The number of benzene rings is 1. The Bertz CT molecular complexity index is 383. The molecule has 0 unspecified atom stereocenters. The summed E-state index contributed by atoms with van der Waals surface area (Å²) >= 11 is 11.9. The summed E-state index contributed by atoms with van der Waals surface area (Å²) in [4.78, 5) is 11.3. The Morgan fingerprint density at radius 1 is 1.35 bits per heavy atom. The fourth-order valence-corrected chi connectivity index (χ4v) is 1.84. The number of nitrogens with two attached hydrogens (primary N) is 1. The molecule has 0 aliphatic rings. The van der Waals surface area contributed by atoms with Crippen LogP contribution in [-0.2, 0) is 11.2 Å². The van der Waals surface area contributed by atoms with Gasteiger partial charge >= 0.3 is 0 Å². The number of amides is 1. The molecule has 1 aromatic carbocycles. The van der Waals surface area contributed by atoms with Crippen molar-refractivity contribution in [1.82, 2.24) is 5.32 Å². The minimum Gasteiger partial charge on any atom is -0.356 e. The van der Waals surface area contributed by atoms with E-state index in [4.69, 9.17) is 28.9 Å². The third-order valence-corrected chi connectivity index (χ3v) is 3.21. The molecule has 0 saturated carbocycles. The van der Waals surface area contributed by atoms with Gasteiger partial charge < -0.3 is 11.1 Å². The Hall–Kier alpha value is -0.770. The average Bonchev–Trinajstić information content (AvgIpc) is 2.32. The first-order valence-electron chi connectivity index (χ1n) is 5.55. The van der Waals surface area contributed by atoms with Crippen molar-refractivity contribution in [3.8, 4) is 0 Å². The number of hydrogen-bond acceptors (Lipinski definition) is 2. The molecule has 1 amide bonds. The summed E-state index contributed by atoms with van der Waals surface area (Å²) in [5.74, 6) is 0.0219. The first kappa shape index (κ1) is 14.3. The second kappa shape index (κ2) is 7.54. The highest BCUT2D eigenvalue weighted by Crippen LogP contribution is 2.25. The zero-order valence-corrected chi connectivity index (χ0v) is 11.0. The molecule has 1 rings (SSSR count). The number of halogens is 2. The van der Waals surface area contributed by atoms with Crippen molar-refractivity contribution in [2.75, 3.05) is 13.1 Å². The minimum absolute atomic E-state index is 0.0219. The van der Waals surface area contributed by atoms with E-state index in [1.54, 1.807) is 6.07 Å². The molecular weight excluding hydrogens is 259 g/mol. The van der Waals surface area contributed by atoms with Gasteiger partial charge in [0.25, 0.3) is 0 Å². The average molecular weight is 275 g/mol. The fourth-order valence-electron chi connectivity index (χ4n) is 1.43. The Labute approximate surface area is 111 Å². The monoisotopic (exact) mass is 274 g/mol. The van der Waals surface area contributed by atoms with Crippen LogP contribution in [0, 0.1) is 0 Å². The van der Waals surface area contributed by atoms with Gasteiger partial charge in [0.15, 0.2) is 0 Å². The third kappa shape index (κ3) is 4.94. The summed E-state index contributed by atoms with van der Waals surface area (Å²) in [7, 11) is 0. The van der Waals surface area contributed by atoms with E-state index < -0.39 is 0 Å². The molecule has 0 atom stereocenters. The van der Waals surface area contributed by atoms with E-state index in [0.29, 0.717) is 42.4 Å². The van der Waals surface area contributed by atoms with Crippen LogP contribution in [0.3, 0.4) is 0 Å². The molecule has 0 heterocycles. The van der Waals surface area contributed by atoms with Crippen LogP contribution < -0.4 is 11.1 Å². The standard InChI is InChI=1S/C12H16Cl2N2O/c13-10-4-1-3-9(12(10)14)6-8-16-11(17)5-2-7-15/h1,3-4H,2,5-8,15H2,(H,16,17). The second-order valence-electron chi connectivity index (χ2n) is 3.71. The summed E-state index contributed by atoms with van der Waals surface area (Å²) in [5, 5.41) is 3.92. The van der Waals surface area contributed by atoms with Gasteiger partial charge in [0, 0.05) is 13.0 Å². The lowest BCUT2D eigenvalue weighted by atomic mass is 10.1. The maximum absolute atomic E-state index is 11.3. The highest BCUT2D eigenvalue weighted by Gasteiger charge is 2.05. The van der Waals surface area contributed by atoms with E-state index in [1.165, 1.54) is 0 Å². The van der Waals surface area contributed by atoms with Gasteiger partial charge in [0.2, 0.25) is 5.91 Å². The molecule has 1 aromatic rings. The Balaban J connectivity index is 2.36. The molecule has 0 aliphatic heterocycles. The molecule has 17 heavy (non-hydrogen) atoms. The predicted octanol–water partition coefficient (Wildman–Crippen LogP) is 2.39. The lowest BCUT2D eigenvalue weighted by molar-refractivity contribution is -0.121. The van der Waals surface area contributed by atoms with Gasteiger partial charge in [-0.25, -0.2) is 0 Å². The fraction of sp³-hybridized carbons (Fsp3) is 0.417. The number of carbonyl (C=O) groups excluding carboxylic acids is 1. The van der Waals surface area contributed by atoms with Crippen LogP contribution in [0.2, 0.25) is 10.0 Å². The van der Waals surface area contributed by atoms with Gasteiger partial charge in [-0.05, 0) is 31.0 Å². The Morgan fingerprint density at radius 3 is 2.82 bits per heavy atom. The van der Waals surface area contributed by atoms with Crippen molar-refractivity contribution < 1.29 is 4.79 Å². The number of carbonyl (C=O) groups is 1. The topological polar surface area (TPSA) is 55.1 Å². The lowest BCUT2D eigenvalue weighted by Crippen LogP contribution is -2.26. The van der Waals surface area contributed by atoms with E-state index in [9.17, 15) is 4.79 Å². The van der Waals surface area contributed by atoms with E-state index in [1.807, 2.05) is 12.1 Å². The smallest absolute Gasteiger partial charge is 0.220 e. The van der Waals surface area contributed by atoms with Crippen LogP contribution in [-0.4, -0.2) is 19.0 Å². The van der Waals surface area contributed by atoms with E-state index in [0.717, 1.165) is 5.56 Å². The molecule has 3 N–H and O–H groups in total. The third-order valence-electron chi connectivity index (χ3n) is 2.36. The SMILES string of the molecule is NCCCC(=O)NCCc1cccc(Cl)c1Cl. The molecule has 0 saturated heterocycles. The van der Waals surface area contributed by atoms with Gasteiger partial charge in [-0.1, -0.05) is 35.3 Å². The number of nitrogens with one attached hydrogen (secondary N) is 1. The van der Waals surface area contributed by atoms with Crippen LogP contribution in [0.5, 0.6) is 0 Å². The summed E-state index contributed by atoms with van der Waals surface area (Å²) in [6.07, 6.45) is 1.86.